The number of rotatable bonds is 7. The van der Waals surface area contributed by atoms with Crippen molar-refractivity contribution in [1.29, 1.82) is 0 Å². The van der Waals surface area contributed by atoms with E-state index in [1.807, 2.05) is 26.1 Å². The topological polar surface area (TPSA) is 38.8 Å². The first-order valence-electron chi connectivity index (χ1n) is 6.54. The van der Waals surface area contributed by atoms with Crippen molar-refractivity contribution in [2.75, 3.05) is 27.3 Å². The molecule has 0 aromatic heterocycles. The van der Waals surface area contributed by atoms with Gasteiger partial charge in [0.25, 0.3) is 0 Å². The van der Waals surface area contributed by atoms with Crippen molar-refractivity contribution in [1.82, 2.24) is 4.90 Å². The number of carbonyl (C=O) groups excluding carboxylic acids is 1. The van der Waals surface area contributed by atoms with Crippen molar-refractivity contribution < 1.29 is 14.3 Å². The molecule has 0 radical (unpaired) electrons. The summed E-state index contributed by atoms with van der Waals surface area (Å²) in [6.07, 6.45) is 0.415. The molecule has 1 aromatic carbocycles. The van der Waals surface area contributed by atoms with Crippen LogP contribution < -0.4 is 4.74 Å². The van der Waals surface area contributed by atoms with Crippen LogP contribution in [0.1, 0.15) is 24.5 Å². The fraction of sp³-hybridized carbons (Fsp3) is 0.533. The van der Waals surface area contributed by atoms with E-state index in [1.54, 1.807) is 7.11 Å². The van der Waals surface area contributed by atoms with Crippen molar-refractivity contribution in [3.8, 4) is 5.75 Å². The average Bonchev–Trinajstić information content (AvgIpc) is 2.37. The van der Waals surface area contributed by atoms with Gasteiger partial charge in [-0.25, -0.2) is 0 Å². The molecule has 0 aliphatic heterocycles. The molecule has 0 bridgehead atoms. The smallest absolute Gasteiger partial charge is 0.307 e. The van der Waals surface area contributed by atoms with E-state index in [0.717, 1.165) is 17.9 Å². The number of aryl methyl sites for hydroxylation is 1. The number of hydrogen-bond donors (Lipinski definition) is 0. The Hall–Kier alpha value is -1.55. The van der Waals surface area contributed by atoms with Crippen molar-refractivity contribution in [2.45, 2.75) is 26.8 Å². The maximum Gasteiger partial charge on any atom is 0.307 e. The molecular weight excluding hydrogens is 242 g/mol. The minimum Gasteiger partial charge on any atom is -0.496 e. The Morgan fingerprint density at radius 3 is 2.74 bits per heavy atom. The molecule has 0 amide bonds. The molecule has 0 saturated carbocycles. The van der Waals surface area contributed by atoms with Crippen LogP contribution in [0.4, 0.5) is 0 Å². The van der Waals surface area contributed by atoms with Gasteiger partial charge in [0.1, 0.15) is 5.75 Å². The molecule has 0 N–H and O–H groups in total. The first kappa shape index (κ1) is 15.5. The lowest BCUT2D eigenvalue weighted by Gasteiger charge is -2.18. The van der Waals surface area contributed by atoms with Crippen LogP contribution in [0.15, 0.2) is 18.2 Å². The SMILES string of the molecule is CCOC(=O)CCN(C)Cc1cc(C)ccc1OC. The van der Waals surface area contributed by atoms with E-state index in [4.69, 9.17) is 9.47 Å². The summed E-state index contributed by atoms with van der Waals surface area (Å²) in [5.41, 5.74) is 2.34. The summed E-state index contributed by atoms with van der Waals surface area (Å²) < 4.78 is 10.3. The van der Waals surface area contributed by atoms with Gasteiger partial charge in [-0.3, -0.25) is 4.79 Å². The highest BCUT2D eigenvalue weighted by Crippen LogP contribution is 2.20. The maximum absolute atomic E-state index is 11.3. The third kappa shape index (κ3) is 5.30. The summed E-state index contributed by atoms with van der Waals surface area (Å²) in [5.74, 6) is 0.735. The summed E-state index contributed by atoms with van der Waals surface area (Å²) in [4.78, 5) is 13.4. The number of nitrogens with zero attached hydrogens (tertiary/aromatic N) is 1. The van der Waals surface area contributed by atoms with Crippen molar-refractivity contribution in [2.24, 2.45) is 0 Å². The average molecular weight is 265 g/mol. The zero-order chi connectivity index (χ0) is 14.3. The first-order chi connectivity index (χ1) is 9.06. The normalized spacial score (nSPS) is 10.6. The fourth-order valence-electron chi connectivity index (χ4n) is 1.92. The fourth-order valence-corrected chi connectivity index (χ4v) is 1.92. The molecule has 0 heterocycles. The highest BCUT2D eigenvalue weighted by Gasteiger charge is 2.09. The molecule has 0 aliphatic rings. The van der Waals surface area contributed by atoms with E-state index >= 15 is 0 Å². The van der Waals surface area contributed by atoms with E-state index in [0.29, 0.717) is 19.6 Å². The van der Waals surface area contributed by atoms with Crippen LogP contribution >= 0.6 is 0 Å². The van der Waals surface area contributed by atoms with E-state index < -0.39 is 0 Å². The Bertz CT molecular complexity index is 418. The van der Waals surface area contributed by atoms with Crippen LogP contribution in [-0.2, 0) is 16.1 Å². The molecular formula is C15H23NO3. The summed E-state index contributed by atoms with van der Waals surface area (Å²) in [6.45, 7) is 5.75. The van der Waals surface area contributed by atoms with Crippen LogP contribution in [0.25, 0.3) is 0 Å². The predicted octanol–water partition coefficient (Wildman–Crippen LogP) is 2.39. The molecule has 0 fully saturated rings. The second-order valence-corrected chi connectivity index (χ2v) is 4.61. The summed E-state index contributed by atoms with van der Waals surface area (Å²) in [5, 5.41) is 0. The first-order valence-corrected chi connectivity index (χ1v) is 6.54. The standard InChI is InChI=1S/C15H23NO3/c1-5-19-15(17)8-9-16(3)11-13-10-12(2)6-7-14(13)18-4/h6-7,10H,5,8-9,11H2,1-4H3. The predicted molar refractivity (Wildman–Crippen MR) is 75.3 cm³/mol. The van der Waals surface area contributed by atoms with Gasteiger partial charge in [-0.1, -0.05) is 17.7 Å². The minimum absolute atomic E-state index is 0.148. The minimum atomic E-state index is -0.148. The molecule has 0 spiro atoms. The van der Waals surface area contributed by atoms with E-state index in [9.17, 15) is 4.79 Å². The third-order valence-electron chi connectivity index (χ3n) is 2.88. The van der Waals surface area contributed by atoms with Gasteiger partial charge < -0.3 is 14.4 Å². The summed E-state index contributed by atoms with van der Waals surface area (Å²) in [6, 6.07) is 6.12. The van der Waals surface area contributed by atoms with E-state index in [2.05, 4.69) is 17.9 Å². The number of esters is 1. The monoisotopic (exact) mass is 265 g/mol. The molecule has 1 rings (SSSR count). The molecule has 0 saturated heterocycles. The van der Waals surface area contributed by atoms with E-state index in [-0.39, 0.29) is 5.97 Å². The van der Waals surface area contributed by atoms with Gasteiger partial charge in [0.15, 0.2) is 0 Å². The van der Waals surface area contributed by atoms with Crippen molar-refractivity contribution in [3.63, 3.8) is 0 Å². The molecule has 106 valence electrons. The van der Waals surface area contributed by atoms with E-state index in [1.165, 1.54) is 5.56 Å². The van der Waals surface area contributed by atoms with Gasteiger partial charge >= 0.3 is 5.97 Å². The molecule has 1 aromatic rings. The molecule has 0 unspecified atom stereocenters. The number of hydrogen-bond acceptors (Lipinski definition) is 4. The molecule has 4 nitrogen and oxygen atoms in total. The van der Waals surface area contributed by atoms with Gasteiger partial charge in [-0.15, -0.1) is 0 Å². The molecule has 4 heteroatoms. The second-order valence-electron chi connectivity index (χ2n) is 4.61. The lowest BCUT2D eigenvalue weighted by molar-refractivity contribution is -0.143. The van der Waals surface area contributed by atoms with Gasteiger partial charge in [0.05, 0.1) is 20.1 Å². The Kier molecular flexibility index (Phi) is 6.36. The summed E-state index contributed by atoms with van der Waals surface area (Å²) in [7, 11) is 3.66. The van der Waals surface area contributed by atoms with Crippen LogP contribution in [-0.4, -0.2) is 38.2 Å². The highest BCUT2D eigenvalue weighted by atomic mass is 16.5. The molecule has 0 atom stereocenters. The van der Waals surface area contributed by atoms with Gasteiger partial charge in [0, 0.05) is 18.7 Å². The lowest BCUT2D eigenvalue weighted by atomic mass is 10.1. The Labute approximate surface area is 115 Å². The number of methoxy groups -OCH3 is 1. The zero-order valence-corrected chi connectivity index (χ0v) is 12.2. The van der Waals surface area contributed by atoms with Crippen LogP contribution in [0.2, 0.25) is 0 Å². The van der Waals surface area contributed by atoms with Crippen molar-refractivity contribution >= 4 is 5.97 Å². The van der Waals surface area contributed by atoms with Crippen molar-refractivity contribution in [3.05, 3.63) is 29.3 Å². The Balaban J connectivity index is 2.54. The van der Waals surface area contributed by atoms with Crippen LogP contribution in [0, 0.1) is 6.92 Å². The Morgan fingerprint density at radius 1 is 1.37 bits per heavy atom. The quantitative estimate of drug-likeness (QED) is 0.710. The van der Waals surface area contributed by atoms with Gasteiger partial charge in [-0.05, 0) is 27.0 Å². The largest absolute Gasteiger partial charge is 0.496 e. The second kappa shape index (κ2) is 7.79. The number of carbonyl (C=O) groups is 1. The third-order valence-corrected chi connectivity index (χ3v) is 2.88. The number of benzene rings is 1. The maximum atomic E-state index is 11.3. The number of ether oxygens (including phenoxy) is 2. The lowest BCUT2D eigenvalue weighted by Crippen LogP contribution is -2.22. The van der Waals surface area contributed by atoms with Gasteiger partial charge in [-0.2, -0.15) is 0 Å². The van der Waals surface area contributed by atoms with Crippen LogP contribution in [0.5, 0.6) is 5.75 Å². The molecule has 19 heavy (non-hydrogen) atoms. The van der Waals surface area contributed by atoms with Gasteiger partial charge in [0.2, 0.25) is 0 Å². The zero-order valence-electron chi connectivity index (χ0n) is 12.2. The molecule has 0 aliphatic carbocycles. The highest BCUT2D eigenvalue weighted by molar-refractivity contribution is 5.69. The van der Waals surface area contributed by atoms with Crippen LogP contribution in [0.3, 0.4) is 0 Å². The summed E-state index contributed by atoms with van der Waals surface area (Å²) >= 11 is 0. The Morgan fingerprint density at radius 2 is 2.11 bits per heavy atom.